The van der Waals surface area contributed by atoms with Gasteiger partial charge < -0.3 is 0 Å². The van der Waals surface area contributed by atoms with E-state index in [4.69, 9.17) is 11.6 Å². The zero-order valence-electron chi connectivity index (χ0n) is 13.7. The quantitative estimate of drug-likeness (QED) is 0.565. The highest BCUT2D eigenvalue weighted by molar-refractivity contribution is 7.21. The van der Waals surface area contributed by atoms with E-state index in [0.29, 0.717) is 15.8 Å². The molecule has 1 aliphatic rings. The van der Waals surface area contributed by atoms with Crippen LogP contribution in [0.1, 0.15) is 36.4 Å². The molecule has 124 valence electrons. The van der Waals surface area contributed by atoms with Gasteiger partial charge in [0.05, 0.1) is 10.7 Å². The third-order valence-corrected chi connectivity index (χ3v) is 6.01. The number of carbonyl (C=O) groups is 1. The third kappa shape index (κ3) is 3.30. The molecule has 0 saturated carbocycles. The lowest BCUT2D eigenvalue weighted by atomic mass is 9.85. The molecule has 1 heterocycles. The van der Waals surface area contributed by atoms with E-state index in [1.807, 2.05) is 38.1 Å². The summed E-state index contributed by atoms with van der Waals surface area (Å²) in [5.74, 6) is 0.121. The Morgan fingerprint density at radius 1 is 1.42 bits per heavy atom. The number of hydrazone groups is 1. The lowest BCUT2D eigenvalue weighted by molar-refractivity contribution is 0.0959. The number of halogens is 1. The van der Waals surface area contributed by atoms with Gasteiger partial charge in [-0.15, -0.1) is 11.3 Å². The zero-order chi connectivity index (χ0) is 17.3. The smallest absolute Gasteiger partial charge is 0.266 e. The Hall–Kier alpha value is -1.91. The molecule has 0 fully saturated rings. The second kappa shape index (κ2) is 6.91. The molecule has 3 rings (SSSR count). The zero-order valence-corrected chi connectivity index (χ0v) is 15.3. The van der Waals surface area contributed by atoms with Gasteiger partial charge in [-0.3, -0.25) is 4.79 Å². The minimum Gasteiger partial charge on any atom is -0.266 e. The molecule has 1 atom stereocenters. The summed E-state index contributed by atoms with van der Waals surface area (Å²) in [5.41, 5.74) is 5.82. The topological polar surface area (TPSA) is 41.5 Å². The summed E-state index contributed by atoms with van der Waals surface area (Å²) in [5, 5.41) is 5.73. The largest absolute Gasteiger partial charge is 0.283 e. The van der Waals surface area contributed by atoms with E-state index in [2.05, 4.69) is 23.2 Å². The van der Waals surface area contributed by atoms with Gasteiger partial charge in [0.2, 0.25) is 0 Å². The summed E-state index contributed by atoms with van der Waals surface area (Å²) in [7, 11) is 0. The van der Waals surface area contributed by atoms with Crippen LogP contribution < -0.4 is 5.43 Å². The van der Waals surface area contributed by atoms with E-state index in [0.717, 1.165) is 39.8 Å². The van der Waals surface area contributed by atoms with Crippen molar-refractivity contribution in [3.8, 4) is 0 Å². The number of thiophene rings is 1. The van der Waals surface area contributed by atoms with Crippen molar-refractivity contribution in [3.63, 3.8) is 0 Å². The molecule has 0 radical (unpaired) electrons. The third-order valence-electron chi connectivity index (χ3n) is 4.33. The maximum atomic E-state index is 12.5. The Bertz CT molecular complexity index is 879. The van der Waals surface area contributed by atoms with Crippen molar-refractivity contribution in [2.45, 2.75) is 26.7 Å². The highest BCUT2D eigenvalue weighted by Crippen LogP contribution is 2.35. The van der Waals surface area contributed by atoms with Crippen LogP contribution in [0, 0.1) is 5.92 Å². The number of carbonyl (C=O) groups excluding carboxylic acids is 1. The molecule has 0 unspecified atom stereocenters. The second-order valence-electron chi connectivity index (χ2n) is 6.11. The molecule has 1 amide bonds. The first kappa shape index (κ1) is 16.9. The molecular weight excluding hydrogens is 340 g/mol. The fraction of sp³-hybridized carbons (Fsp3) is 0.263. The SMILES string of the molecule is C=C(C)[C@@H]1CC=C(C)/C(=N/NC(=O)c2sc3ccccc3c2Cl)C1. The van der Waals surface area contributed by atoms with E-state index in [9.17, 15) is 4.79 Å². The molecule has 0 bridgehead atoms. The van der Waals surface area contributed by atoms with Crippen LogP contribution in [0.3, 0.4) is 0 Å². The van der Waals surface area contributed by atoms with Gasteiger partial charge in [0.1, 0.15) is 4.88 Å². The number of nitrogens with zero attached hydrogens (tertiary/aromatic N) is 1. The lowest BCUT2D eigenvalue weighted by Crippen LogP contribution is -2.22. The first-order chi connectivity index (χ1) is 11.5. The van der Waals surface area contributed by atoms with Crippen LogP contribution >= 0.6 is 22.9 Å². The predicted molar refractivity (Wildman–Crippen MR) is 103 cm³/mol. The van der Waals surface area contributed by atoms with Crippen LogP contribution in [0.4, 0.5) is 0 Å². The molecule has 0 saturated heterocycles. The van der Waals surface area contributed by atoms with Gasteiger partial charge in [-0.1, -0.05) is 48.0 Å². The minimum atomic E-state index is -0.265. The van der Waals surface area contributed by atoms with Gasteiger partial charge in [0.25, 0.3) is 5.91 Å². The Morgan fingerprint density at radius 3 is 2.88 bits per heavy atom. The molecule has 0 aliphatic heterocycles. The van der Waals surface area contributed by atoms with E-state index in [1.165, 1.54) is 11.3 Å². The number of allylic oxidation sites excluding steroid dienone is 3. The molecule has 0 spiro atoms. The highest BCUT2D eigenvalue weighted by atomic mass is 35.5. The van der Waals surface area contributed by atoms with Crippen LogP contribution in [-0.4, -0.2) is 11.6 Å². The Balaban J connectivity index is 1.81. The van der Waals surface area contributed by atoms with Crippen LogP contribution in [0.5, 0.6) is 0 Å². The van der Waals surface area contributed by atoms with Gasteiger partial charge in [-0.05, 0) is 44.2 Å². The van der Waals surface area contributed by atoms with E-state index in [1.54, 1.807) is 0 Å². The maximum Gasteiger partial charge on any atom is 0.283 e. The molecule has 24 heavy (non-hydrogen) atoms. The fourth-order valence-corrected chi connectivity index (χ4v) is 4.16. The molecule has 5 heteroatoms. The molecule has 1 aromatic carbocycles. The summed E-state index contributed by atoms with van der Waals surface area (Å²) in [6, 6.07) is 7.73. The van der Waals surface area contributed by atoms with Crippen molar-refractivity contribution in [3.05, 3.63) is 58.0 Å². The second-order valence-corrected chi connectivity index (χ2v) is 7.54. The normalized spacial score (nSPS) is 19.4. The van der Waals surface area contributed by atoms with Crippen LogP contribution in [0.15, 0.2) is 53.2 Å². The summed E-state index contributed by atoms with van der Waals surface area (Å²) >= 11 is 7.73. The van der Waals surface area contributed by atoms with E-state index >= 15 is 0 Å². The molecule has 1 N–H and O–H groups in total. The summed E-state index contributed by atoms with van der Waals surface area (Å²) in [6.45, 7) is 8.08. The maximum absolute atomic E-state index is 12.5. The standard InChI is InChI=1S/C19H19ClN2OS/c1-11(2)13-9-8-12(3)15(10-13)21-22-19(23)18-17(20)14-6-4-5-7-16(14)24-18/h4-8,13H,1,9-10H2,2-3H3,(H,22,23)/b21-15+/t13-/m1/s1. The van der Waals surface area contributed by atoms with Crippen molar-refractivity contribution in [1.29, 1.82) is 0 Å². The monoisotopic (exact) mass is 358 g/mol. The van der Waals surface area contributed by atoms with Crippen molar-refractivity contribution in [1.82, 2.24) is 5.43 Å². The summed E-state index contributed by atoms with van der Waals surface area (Å²) in [6.07, 6.45) is 3.94. The number of nitrogens with one attached hydrogen (secondary N) is 1. The van der Waals surface area contributed by atoms with Crippen molar-refractivity contribution in [2.24, 2.45) is 11.0 Å². The van der Waals surface area contributed by atoms with Crippen molar-refractivity contribution in [2.75, 3.05) is 0 Å². The number of benzene rings is 1. The average molecular weight is 359 g/mol. The van der Waals surface area contributed by atoms with Crippen LogP contribution in [0.2, 0.25) is 5.02 Å². The Kier molecular flexibility index (Phi) is 4.88. The van der Waals surface area contributed by atoms with Gasteiger partial charge in [0.15, 0.2) is 0 Å². The molecule has 1 aromatic heterocycles. The Labute approximate surface area is 150 Å². The fourth-order valence-electron chi connectivity index (χ4n) is 2.75. The summed E-state index contributed by atoms with van der Waals surface area (Å²) < 4.78 is 0.997. The average Bonchev–Trinajstić information content (AvgIpc) is 2.91. The van der Waals surface area contributed by atoms with Gasteiger partial charge in [-0.2, -0.15) is 5.10 Å². The van der Waals surface area contributed by atoms with Crippen molar-refractivity contribution >= 4 is 44.6 Å². The van der Waals surface area contributed by atoms with Gasteiger partial charge in [0, 0.05) is 10.1 Å². The molecule has 3 nitrogen and oxygen atoms in total. The van der Waals surface area contributed by atoms with Gasteiger partial charge in [-0.25, -0.2) is 5.43 Å². The minimum absolute atomic E-state index is 0.265. The van der Waals surface area contributed by atoms with E-state index in [-0.39, 0.29) is 5.91 Å². The van der Waals surface area contributed by atoms with Crippen LogP contribution in [-0.2, 0) is 0 Å². The summed E-state index contributed by atoms with van der Waals surface area (Å²) in [4.78, 5) is 13.0. The first-order valence-electron chi connectivity index (χ1n) is 7.84. The molecular formula is C19H19ClN2OS. The number of amides is 1. The van der Waals surface area contributed by atoms with Crippen molar-refractivity contribution < 1.29 is 4.79 Å². The van der Waals surface area contributed by atoms with Gasteiger partial charge >= 0.3 is 0 Å². The van der Waals surface area contributed by atoms with Crippen LogP contribution in [0.25, 0.3) is 10.1 Å². The number of hydrogen-bond acceptors (Lipinski definition) is 3. The predicted octanol–water partition coefficient (Wildman–Crippen LogP) is 5.57. The molecule has 1 aliphatic carbocycles. The number of rotatable bonds is 3. The number of hydrogen-bond donors (Lipinski definition) is 1. The lowest BCUT2D eigenvalue weighted by Gasteiger charge is -2.22. The Morgan fingerprint density at radius 2 is 2.17 bits per heavy atom. The van der Waals surface area contributed by atoms with E-state index < -0.39 is 0 Å². The molecule has 2 aromatic rings. The first-order valence-corrected chi connectivity index (χ1v) is 9.03. The highest BCUT2D eigenvalue weighted by Gasteiger charge is 2.20. The number of fused-ring (bicyclic) bond motifs is 1.